The second kappa shape index (κ2) is 8.55. The maximum Gasteiger partial charge on any atom is 0.224 e. The minimum atomic E-state index is 0.0267. The molecule has 5 heteroatoms. The van der Waals surface area contributed by atoms with Crippen molar-refractivity contribution < 1.29 is 9.53 Å². The Morgan fingerprint density at radius 2 is 2.15 bits per heavy atom. The third-order valence-electron chi connectivity index (χ3n) is 3.16. The molecule has 1 aromatic carbocycles. The van der Waals surface area contributed by atoms with Crippen molar-refractivity contribution in [3.05, 3.63) is 23.8 Å². The van der Waals surface area contributed by atoms with Crippen molar-refractivity contribution in [2.45, 2.75) is 19.8 Å². The summed E-state index contributed by atoms with van der Waals surface area (Å²) >= 11 is 0. The van der Waals surface area contributed by atoms with Gasteiger partial charge < -0.3 is 20.7 Å². The third kappa shape index (κ3) is 6.04. The van der Waals surface area contributed by atoms with Gasteiger partial charge in [-0.3, -0.25) is 4.79 Å². The first-order valence-electron chi connectivity index (χ1n) is 6.86. The van der Waals surface area contributed by atoms with E-state index in [1.165, 1.54) is 0 Å². The quantitative estimate of drug-likeness (QED) is 0.713. The largest absolute Gasteiger partial charge is 0.399 e. The number of nitrogens with zero attached hydrogens (tertiary/aromatic N) is 1. The van der Waals surface area contributed by atoms with Gasteiger partial charge in [-0.25, -0.2) is 0 Å². The number of nitrogen functional groups attached to an aromatic ring is 1. The molecule has 0 saturated heterocycles. The molecular weight excluding hydrogens is 254 g/mol. The Hall–Kier alpha value is -1.59. The van der Waals surface area contributed by atoms with Crippen molar-refractivity contribution in [2.75, 3.05) is 44.9 Å². The highest BCUT2D eigenvalue weighted by molar-refractivity contribution is 5.91. The van der Waals surface area contributed by atoms with Crippen molar-refractivity contribution >= 4 is 17.3 Å². The number of carbonyl (C=O) groups is 1. The third-order valence-corrected chi connectivity index (χ3v) is 3.16. The van der Waals surface area contributed by atoms with Crippen molar-refractivity contribution in [3.8, 4) is 0 Å². The van der Waals surface area contributed by atoms with Gasteiger partial charge in [-0.1, -0.05) is 6.07 Å². The zero-order valence-electron chi connectivity index (χ0n) is 12.6. The lowest BCUT2D eigenvalue weighted by Gasteiger charge is -2.15. The molecule has 20 heavy (non-hydrogen) atoms. The fourth-order valence-corrected chi connectivity index (χ4v) is 1.86. The van der Waals surface area contributed by atoms with Gasteiger partial charge >= 0.3 is 0 Å². The SMILES string of the molecule is COCCN(C)CCCC(=O)Nc1cc(N)ccc1C. The van der Waals surface area contributed by atoms with Crippen LogP contribution in [0.15, 0.2) is 18.2 Å². The molecule has 5 nitrogen and oxygen atoms in total. The Labute approximate surface area is 121 Å². The average molecular weight is 279 g/mol. The molecule has 0 fully saturated rings. The fraction of sp³-hybridized carbons (Fsp3) is 0.533. The predicted molar refractivity (Wildman–Crippen MR) is 82.8 cm³/mol. The Kier molecular flexibility index (Phi) is 7.04. The van der Waals surface area contributed by atoms with Crippen LogP contribution in [0, 0.1) is 6.92 Å². The van der Waals surface area contributed by atoms with E-state index in [0.29, 0.717) is 18.7 Å². The summed E-state index contributed by atoms with van der Waals surface area (Å²) in [6, 6.07) is 5.52. The molecule has 0 aromatic heterocycles. The monoisotopic (exact) mass is 279 g/mol. The maximum absolute atomic E-state index is 11.9. The van der Waals surface area contributed by atoms with Crippen LogP contribution >= 0.6 is 0 Å². The summed E-state index contributed by atoms with van der Waals surface area (Å²) in [4.78, 5) is 14.0. The van der Waals surface area contributed by atoms with Crippen LogP contribution in [0.5, 0.6) is 0 Å². The number of hydrogen-bond acceptors (Lipinski definition) is 4. The summed E-state index contributed by atoms with van der Waals surface area (Å²) in [7, 11) is 3.72. The van der Waals surface area contributed by atoms with Gasteiger partial charge in [-0.15, -0.1) is 0 Å². The van der Waals surface area contributed by atoms with E-state index in [-0.39, 0.29) is 5.91 Å². The van der Waals surface area contributed by atoms with Crippen LogP contribution in [-0.2, 0) is 9.53 Å². The molecule has 112 valence electrons. The van der Waals surface area contributed by atoms with Crippen molar-refractivity contribution in [1.82, 2.24) is 4.90 Å². The van der Waals surface area contributed by atoms with Gasteiger partial charge in [0, 0.05) is 31.5 Å². The summed E-state index contributed by atoms with van der Waals surface area (Å²) in [6.07, 6.45) is 1.33. The second-order valence-electron chi connectivity index (χ2n) is 5.02. The van der Waals surface area contributed by atoms with Crippen LogP contribution in [0.1, 0.15) is 18.4 Å². The number of likely N-dealkylation sites (N-methyl/N-ethyl adjacent to an activating group) is 1. The molecule has 0 radical (unpaired) electrons. The van der Waals surface area contributed by atoms with Gasteiger partial charge in [-0.05, 0) is 44.6 Å². The van der Waals surface area contributed by atoms with E-state index in [1.54, 1.807) is 13.2 Å². The van der Waals surface area contributed by atoms with Crippen molar-refractivity contribution in [3.63, 3.8) is 0 Å². The first-order chi connectivity index (χ1) is 9.52. The lowest BCUT2D eigenvalue weighted by molar-refractivity contribution is -0.116. The van der Waals surface area contributed by atoms with Gasteiger partial charge in [-0.2, -0.15) is 0 Å². The number of rotatable bonds is 8. The number of aryl methyl sites for hydroxylation is 1. The first kappa shape index (κ1) is 16.5. The van der Waals surface area contributed by atoms with Gasteiger partial charge in [0.05, 0.1) is 6.61 Å². The molecule has 0 aliphatic carbocycles. The number of amides is 1. The molecule has 1 amide bonds. The molecule has 1 rings (SSSR count). The van der Waals surface area contributed by atoms with Crippen LogP contribution in [-0.4, -0.2) is 44.7 Å². The van der Waals surface area contributed by atoms with Gasteiger partial charge in [0.25, 0.3) is 0 Å². The number of benzene rings is 1. The topological polar surface area (TPSA) is 67.6 Å². The summed E-state index contributed by atoms with van der Waals surface area (Å²) in [5.41, 5.74) is 8.19. The highest BCUT2D eigenvalue weighted by Gasteiger charge is 2.06. The zero-order chi connectivity index (χ0) is 15.0. The Morgan fingerprint density at radius 1 is 1.40 bits per heavy atom. The Morgan fingerprint density at radius 3 is 2.85 bits per heavy atom. The first-order valence-corrected chi connectivity index (χ1v) is 6.86. The number of methoxy groups -OCH3 is 1. The second-order valence-corrected chi connectivity index (χ2v) is 5.02. The Bertz CT molecular complexity index is 435. The molecule has 0 aliphatic rings. The minimum absolute atomic E-state index is 0.0267. The number of carbonyl (C=O) groups excluding carboxylic acids is 1. The highest BCUT2D eigenvalue weighted by atomic mass is 16.5. The number of anilines is 2. The van der Waals surface area contributed by atoms with Gasteiger partial charge in [0.1, 0.15) is 0 Å². The van der Waals surface area contributed by atoms with Crippen LogP contribution in [0.25, 0.3) is 0 Å². The van der Waals surface area contributed by atoms with E-state index in [9.17, 15) is 4.79 Å². The molecule has 0 spiro atoms. The van der Waals surface area contributed by atoms with Crippen molar-refractivity contribution in [1.29, 1.82) is 0 Å². The van der Waals surface area contributed by atoms with Crippen LogP contribution in [0.3, 0.4) is 0 Å². The smallest absolute Gasteiger partial charge is 0.224 e. The lowest BCUT2D eigenvalue weighted by atomic mass is 10.1. The fourth-order valence-electron chi connectivity index (χ4n) is 1.86. The minimum Gasteiger partial charge on any atom is -0.399 e. The van der Waals surface area contributed by atoms with Crippen LogP contribution in [0.4, 0.5) is 11.4 Å². The number of hydrogen-bond donors (Lipinski definition) is 2. The van der Waals surface area contributed by atoms with Crippen molar-refractivity contribution in [2.24, 2.45) is 0 Å². The molecule has 0 atom stereocenters. The molecular formula is C15H25N3O2. The Balaban J connectivity index is 2.31. The van der Waals surface area contributed by atoms with Gasteiger partial charge in [0.15, 0.2) is 0 Å². The molecule has 0 unspecified atom stereocenters. The highest BCUT2D eigenvalue weighted by Crippen LogP contribution is 2.18. The standard InChI is InChI=1S/C15H25N3O2/c1-12-6-7-13(16)11-14(12)17-15(19)5-4-8-18(2)9-10-20-3/h6-7,11H,4-5,8-10,16H2,1-3H3,(H,17,19). The zero-order valence-corrected chi connectivity index (χ0v) is 12.6. The molecule has 0 bridgehead atoms. The lowest BCUT2D eigenvalue weighted by Crippen LogP contribution is -2.25. The van der Waals surface area contributed by atoms with E-state index in [0.717, 1.165) is 30.8 Å². The summed E-state index contributed by atoms with van der Waals surface area (Å²) in [6.45, 7) is 4.43. The predicted octanol–water partition coefficient (Wildman–Crippen LogP) is 1.87. The number of nitrogens with two attached hydrogens (primary N) is 1. The van der Waals surface area contributed by atoms with Gasteiger partial charge in [0.2, 0.25) is 5.91 Å². The van der Waals surface area contributed by atoms with E-state index < -0.39 is 0 Å². The normalized spacial score (nSPS) is 10.8. The summed E-state index contributed by atoms with van der Waals surface area (Å²) in [5, 5.41) is 2.91. The number of ether oxygens (including phenoxy) is 1. The molecule has 0 aliphatic heterocycles. The van der Waals surface area contributed by atoms with E-state index in [1.807, 2.05) is 26.1 Å². The number of nitrogens with one attached hydrogen (secondary N) is 1. The molecule has 0 heterocycles. The van der Waals surface area contributed by atoms with E-state index in [2.05, 4.69) is 10.2 Å². The molecule has 0 saturated carbocycles. The van der Waals surface area contributed by atoms with E-state index >= 15 is 0 Å². The van der Waals surface area contributed by atoms with Crippen LogP contribution < -0.4 is 11.1 Å². The van der Waals surface area contributed by atoms with E-state index in [4.69, 9.17) is 10.5 Å². The molecule has 1 aromatic rings. The average Bonchev–Trinajstić information content (AvgIpc) is 2.40. The maximum atomic E-state index is 11.9. The molecule has 3 N–H and O–H groups in total. The van der Waals surface area contributed by atoms with Crippen LogP contribution in [0.2, 0.25) is 0 Å². The summed E-state index contributed by atoms with van der Waals surface area (Å²) in [5.74, 6) is 0.0267. The summed E-state index contributed by atoms with van der Waals surface area (Å²) < 4.78 is 5.01.